The molecule has 0 radical (unpaired) electrons. The summed E-state index contributed by atoms with van der Waals surface area (Å²) >= 11 is 6.01. The van der Waals surface area contributed by atoms with Crippen LogP contribution in [0.1, 0.15) is 54.1 Å². The molecule has 1 aromatic heterocycles. The lowest BCUT2D eigenvalue weighted by molar-refractivity contribution is 0.105. The summed E-state index contributed by atoms with van der Waals surface area (Å²) < 4.78 is 23.8. The minimum atomic E-state index is -0.220. The number of aromatic nitrogens is 1. The number of hydrogen-bond donors (Lipinski definition) is 0. The zero-order valence-corrected chi connectivity index (χ0v) is 24.4. The van der Waals surface area contributed by atoms with Gasteiger partial charge in [-0.2, -0.15) is 0 Å². The molecule has 0 fully saturated rings. The van der Waals surface area contributed by atoms with Crippen LogP contribution < -0.4 is 14.2 Å². The van der Waals surface area contributed by atoms with Crippen molar-refractivity contribution >= 4 is 40.1 Å². The molecule has 5 rings (SSSR count). The molecule has 0 aliphatic heterocycles. The van der Waals surface area contributed by atoms with E-state index in [1.165, 1.54) is 0 Å². The van der Waals surface area contributed by atoms with E-state index in [1.54, 1.807) is 18.2 Å². The Bertz CT molecular complexity index is 1640. The van der Waals surface area contributed by atoms with E-state index in [1.807, 2.05) is 85.8 Å². The molecule has 0 spiro atoms. The van der Waals surface area contributed by atoms with Gasteiger partial charge < -0.3 is 18.6 Å². The number of benzene rings is 4. The SMILES string of the molecule is CCCCOc1ccc(C(=O)C(=Cc2ccc(OCc3ccc(Cl)cc3)c(OCC)c2)c2nc3ccccc3o2)cc1. The summed E-state index contributed by atoms with van der Waals surface area (Å²) in [5, 5.41) is 0.672. The zero-order valence-electron chi connectivity index (χ0n) is 23.6. The fourth-order valence-corrected chi connectivity index (χ4v) is 4.44. The van der Waals surface area contributed by atoms with Gasteiger partial charge in [0.25, 0.3) is 0 Å². The molecule has 0 aliphatic carbocycles. The van der Waals surface area contributed by atoms with Crippen molar-refractivity contribution in [2.45, 2.75) is 33.3 Å². The van der Waals surface area contributed by atoms with E-state index in [0.717, 1.165) is 29.7 Å². The van der Waals surface area contributed by atoms with Crippen LogP contribution >= 0.6 is 11.6 Å². The monoisotopic (exact) mass is 581 g/mol. The highest BCUT2D eigenvalue weighted by molar-refractivity contribution is 6.31. The second-order valence-corrected chi connectivity index (χ2v) is 10.1. The van der Waals surface area contributed by atoms with E-state index in [9.17, 15) is 4.79 Å². The molecule has 0 aliphatic rings. The Kier molecular flexibility index (Phi) is 9.57. The quantitative estimate of drug-likeness (QED) is 0.0784. The number of carbonyl (C=O) groups is 1. The van der Waals surface area contributed by atoms with Crippen LogP contribution in [0.3, 0.4) is 0 Å². The number of oxazole rings is 1. The second kappa shape index (κ2) is 13.9. The smallest absolute Gasteiger partial charge is 0.231 e. The van der Waals surface area contributed by atoms with Crippen molar-refractivity contribution in [3.63, 3.8) is 0 Å². The Morgan fingerprint density at radius 2 is 1.67 bits per heavy atom. The van der Waals surface area contributed by atoms with E-state index in [2.05, 4.69) is 11.9 Å². The van der Waals surface area contributed by atoms with Crippen LogP contribution in [-0.2, 0) is 6.61 Å². The molecule has 42 heavy (non-hydrogen) atoms. The topological polar surface area (TPSA) is 70.8 Å². The number of Topliss-reactive ketones (excluding diaryl/α,β-unsaturated/α-hetero) is 1. The summed E-state index contributed by atoms with van der Waals surface area (Å²) in [5.74, 6) is 1.91. The van der Waals surface area contributed by atoms with Gasteiger partial charge in [0.2, 0.25) is 5.89 Å². The van der Waals surface area contributed by atoms with E-state index in [4.69, 9.17) is 30.2 Å². The lowest BCUT2D eigenvalue weighted by Crippen LogP contribution is -2.04. The third-order valence-electron chi connectivity index (χ3n) is 6.54. The van der Waals surface area contributed by atoms with Crippen LogP contribution in [0.25, 0.3) is 22.7 Å². The average molecular weight is 582 g/mol. The van der Waals surface area contributed by atoms with Gasteiger partial charge in [0.05, 0.1) is 18.8 Å². The van der Waals surface area contributed by atoms with E-state index >= 15 is 0 Å². The summed E-state index contributed by atoms with van der Waals surface area (Å²) in [6.07, 6.45) is 3.79. The number of ether oxygens (including phenoxy) is 3. The van der Waals surface area contributed by atoms with E-state index in [-0.39, 0.29) is 11.7 Å². The van der Waals surface area contributed by atoms with Crippen molar-refractivity contribution in [1.82, 2.24) is 4.98 Å². The van der Waals surface area contributed by atoms with Gasteiger partial charge in [-0.25, -0.2) is 4.98 Å². The van der Waals surface area contributed by atoms with Crippen LogP contribution in [0.5, 0.6) is 17.2 Å². The summed E-state index contributed by atoms with van der Waals surface area (Å²) in [4.78, 5) is 18.5. The lowest BCUT2D eigenvalue weighted by Gasteiger charge is -2.13. The van der Waals surface area contributed by atoms with Gasteiger partial charge in [0.15, 0.2) is 22.9 Å². The first-order chi connectivity index (χ1) is 20.5. The van der Waals surface area contributed by atoms with Crippen molar-refractivity contribution in [1.29, 1.82) is 0 Å². The molecule has 0 unspecified atom stereocenters. The normalized spacial score (nSPS) is 11.5. The van der Waals surface area contributed by atoms with Gasteiger partial charge >= 0.3 is 0 Å². The van der Waals surface area contributed by atoms with Gasteiger partial charge in [-0.15, -0.1) is 0 Å². The maximum Gasteiger partial charge on any atom is 0.231 e. The number of para-hydroxylation sites is 2. The Morgan fingerprint density at radius 1 is 0.881 bits per heavy atom. The number of hydrogen-bond acceptors (Lipinski definition) is 6. The number of nitrogens with zero attached hydrogens (tertiary/aromatic N) is 1. The molecule has 214 valence electrons. The number of fused-ring (bicyclic) bond motifs is 1. The van der Waals surface area contributed by atoms with Gasteiger partial charge in [0.1, 0.15) is 17.9 Å². The third-order valence-corrected chi connectivity index (χ3v) is 6.79. The molecule has 5 aromatic rings. The molecule has 0 saturated heterocycles. The highest BCUT2D eigenvalue weighted by Crippen LogP contribution is 2.32. The lowest BCUT2D eigenvalue weighted by atomic mass is 10.0. The zero-order chi connectivity index (χ0) is 29.3. The summed E-state index contributed by atoms with van der Waals surface area (Å²) in [6, 6.07) is 27.6. The number of rotatable bonds is 13. The van der Waals surface area contributed by atoms with Crippen LogP contribution in [0.4, 0.5) is 0 Å². The van der Waals surface area contributed by atoms with Gasteiger partial charge in [0, 0.05) is 10.6 Å². The Balaban J connectivity index is 1.47. The molecule has 0 atom stereocenters. The highest BCUT2D eigenvalue weighted by atomic mass is 35.5. The maximum atomic E-state index is 13.9. The van der Waals surface area contributed by atoms with Crippen molar-refractivity contribution in [2.75, 3.05) is 13.2 Å². The fraction of sp³-hybridized carbons (Fsp3) is 0.200. The number of halogens is 1. The summed E-state index contributed by atoms with van der Waals surface area (Å²) in [5.41, 5.74) is 3.82. The van der Waals surface area contributed by atoms with Crippen molar-refractivity contribution in [3.8, 4) is 17.2 Å². The fourth-order valence-electron chi connectivity index (χ4n) is 4.31. The Morgan fingerprint density at radius 3 is 2.40 bits per heavy atom. The molecular weight excluding hydrogens is 550 g/mol. The van der Waals surface area contributed by atoms with Gasteiger partial charge in [-0.1, -0.05) is 55.3 Å². The molecule has 7 heteroatoms. The molecule has 0 saturated carbocycles. The first-order valence-electron chi connectivity index (χ1n) is 14.0. The van der Waals surface area contributed by atoms with E-state index < -0.39 is 0 Å². The van der Waals surface area contributed by atoms with Crippen LogP contribution in [0.15, 0.2) is 95.4 Å². The van der Waals surface area contributed by atoms with Crippen molar-refractivity contribution < 1.29 is 23.4 Å². The molecule has 0 amide bonds. The van der Waals surface area contributed by atoms with Crippen molar-refractivity contribution in [3.05, 3.63) is 119 Å². The third kappa shape index (κ3) is 7.20. The van der Waals surface area contributed by atoms with Gasteiger partial charge in [-0.05, 0) is 91.2 Å². The number of carbonyl (C=O) groups excluding carboxylic acids is 1. The van der Waals surface area contributed by atoms with E-state index in [0.29, 0.717) is 58.6 Å². The second-order valence-electron chi connectivity index (χ2n) is 9.65. The first-order valence-corrected chi connectivity index (χ1v) is 14.4. The number of unbranched alkanes of at least 4 members (excludes halogenated alkanes) is 1. The van der Waals surface area contributed by atoms with Crippen molar-refractivity contribution in [2.24, 2.45) is 0 Å². The molecule has 4 aromatic carbocycles. The van der Waals surface area contributed by atoms with Crippen LogP contribution in [0, 0.1) is 0 Å². The predicted molar refractivity (Wildman–Crippen MR) is 166 cm³/mol. The number of ketones is 1. The average Bonchev–Trinajstić information content (AvgIpc) is 3.45. The molecular formula is C35H32ClNO5. The highest BCUT2D eigenvalue weighted by Gasteiger charge is 2.21. The number of allylic oxidation sites excluding steroid dienone is 1. The standard InChI is InChI=1S/C35H32ClNO5/c1-3-5-20-40-28-17-13-26(14-18-28)34(38)29(35-37-30-8-6-7-9-31(30)42-35)21-25-12-19-32(33(22-25)39-4-2)41-23-24-10-15-27(36)16-11-24/h6-19,21-22H,3-5,20,23H2,1-2H3. The maximum absolute atomic E-state index is 13.9. The predicted octanol–water partition coefficient (Wildman–Crippen LogP) is 9.06. The molecule has 0 bridgehead atoms. The molecule has 0 N–H and O–H groups in total. The van der Waals surface area contributed by atoms with Crippen LogP contribution in [-0.4, -0.2) is 24.0 Å². The summed E-state index contributed by atoms with van der Waals surface area (Å²) in [7, 11) is 0. The molecule has 1 heterocycles. The Labute approximate surface area is 250 Å². The summed E-state index contributed by atoms with van der Waals surface area (Å²) in [6.45, 7) is 5.48. The molecule has 6 nitrogen and oxygen atoms in total. The van der Waals surface area contributed by atoms with Crippen LogP contribution in [0.2, 0.25) is 5.02 Å². The van der Waals surface area contributed by atoms with Gasteiger partial charge in [-0.3, -0.25) is 4.79 Å². The largest absolute Gasteiger partial charge is 0.494 e. The minimum Gasteiger partial charge on any atom is -0.494 e. The first kappa shape index (κ1) is 29.0. The minimum absolute atomic E-state index is 0.220. The Hall–Kier alpha value is -4.55.